The van der Waals surface area contributed by atoms with Gasteiger partial charge in [-0.15, -0.1) is 0 Å². The zero-order chi connectivity index (χ0) is 8.04. The normalized spacial score (nSPS) is 12.8. The Bertz CT molecular complexity index is 101. The second-order valence-electron chi connectivity index (χ2n) is 2.06. The second kappa shape index (κ2) is 4.61. The third-order valence-corrected chi connectivity index (χ3v) is 1.34. The predicted octanol–water partition coefficient (Wildman–Crippen LogP) is 2.63. The van der Waals surface area contributed by atoms with Gasteiger partial charge in [0, 0.05) is 5.54 Å². The highest BCUT2D eigenvalue weighted by Gasteiger charge is 2.27. The van der Waals surface area contributed by atoms with Gasteiger partial charge < -0.3 is 0 Å². The van der Waals surface area contributed by atoms with E-state index in [9.17, 15) is 13.2 Å². The first kappa shape index (κ1) is 9.82. The van der Waals surface area contributed by atoms with Gasteiger partial charge in [-0.3, -0.25) is 0 Å². The Kier molecular flexibility index (Phi) is 4.52. The molecule has 0 amide bonds. The molecule has 0 heterocycles. The molecule has 0 radical (unpaired) electrons. The lowest BCUT2D eigenvalue weighted by Crippen LogP contribution is -2.25. The van der Waals surface area contributed by atoms with Gasteiger partial charge in [0.2, 0.25) is 0 Å². The van der Waals surface area contributed by atoms with E-state index in [4.69, 9.17) is 11.6 Å². The molecule has 0 N–H and O–H groups in total. The van der Waals surface area contributed by atoms with Crippen LogP contribution >= 0.6 is 11.6 Å². The average Bonchev–Trinajstić information content (AvgIpc) is 2.01. The summed E-state index contributed by atoms with van der Waals surface area (Å²) in [7, 11) is 0. The van der Waals surface area contributed by atoms with Crippen LogP contribution in [0.1, 0.15) is 0 Å². The Morgan fingerprint density at radius 1 is 1.10 bits per heavy atom. The Balaban J connectivity index is 4.15. The van der Waals surface area contributed by atoms with Gasteiger partial charge in [0.15, 0.2) is 0 Å². The molecule has 0 aliphatic heterocycles. The van der Waals surface area contributed by atoms with Gasteiger partial charge >= 0.3 is 0 Å². The molecule has 0 atom stereocenters. The summed E-state index contributed by atoms with van der Waals surface area (Å²) >= 11 is 5.04. The van der Waals surface area contributed by atoms with Gasteiger partial charge in [-0.05, 0) is 0 Å². The van der Waals surface area contributed by atoms with E-state index in [1.54, 1.807) is 0 Å². The van der Waals surface area contributed by atoms with Gasteiger partial charge in [0.25, 0.3) is 0 Å². The zero-order valence-corrected chi connectivity index (χ0v) is 6.04. The van der Waals surface area contributed by atoms with Crippen molar-refractivity contribution in [3.8, 4) is 0 Å². The number of rotatable bonds is 4. The van der Waals surface area contributed by atoms with Crippen molar-refractivity contribution in [3.63, 3.8) is 0 Å². The van der Waals surface area contributed by atoms with Crippen LogP contribution in [0.2, 0.25) is 0 Å². The molecular weight excluding hydrogens is 165 g/mol. The molecule has 0 nitrogen and oxygen atoms in total. The maximum atomic E-state index is 11.9. The quantitative estimate of drug-likeness (QED) is 0.612. The van der Waals surface area contributed by atoms with Crippen molar-refractivity contribution in [2.45, 2.75) is 0 Å². The van der Waals surface area contributed by atoms with Crippen LogP contribution in [0.5, 0.6) is 0 Å². The van der Waals surface area contributed by atoms with Crippen LogP contribution < -0.4 is 0 Å². The van der Waals surface area contributed by atoms with Crippen molar-refractivity contribution in [3.05, 3.63) is 11.6 Å². The maximum Gasteiger partial charge on any atom is 0.104 e. The molecule has 0 saturated heterocycles. The summed E-state index contributed by atoms with van der Waals surface area (Å²) in [6.45, 7) is -3.20. The number of hydrogen-bond acceptors (Lipinski definition) is 0. The summed E-state index contributed by atoms with van der Waals surface area (Å²) in [5.74, 6) is 0. The molecule has 0 aromatic rings. The fraction of sp³-hybridized carbons (Fsp3) is 0.667. The molecule has 0 fully saturated rings. The fourth-order valence-corrected chi connectivity index (χ4v) is 0.642. The van der Waals surface area contributed by atoms with Gasteiger partial charge in [0.1, 0.15) is 20.0 Å². The highest BCUT2D eigenvalue weighted by Crippen LogP contribution is 2.21. The van der Waals surface area contributed by atoms with Crippen molar-refractivity contribution < 1.29 is 13.2 Å². The summed E-state index contributed by atoms with van der Waals surface area (Å²) in [6.07, 6.45) is 0.995. The number of allylic oxidation sites excluding steroid dienone is 1. The maximum absolute atomic E-state index is 11.9. The molecule has 0 unspecified atom stereocenters. The first-order chi connectivity index (χ1) is 4.74. The number of hydrogen-bond donors (Lipinski definition) is 0. The minimum absolute atomic E-state index is 0.929. The Morgan fingerprint density at radius 2 is 1.50 bits per heavy atom. The van der Waals surface area contributed by atoms with Gasteiger partial charge in [-0.25, -0.2) is 13.2 Å². The Hall–Kier alpha value is -0.180. The molecule has 60 valence electrons. The Morgan fingerprint density at radius 3 is 1.60 bits per heavy atom. The summed E-state index contributed by atoms with van der Waals surface area (Å²) in [4.78, 5) is 0. The molecule has 0 aliphatic rings. The molecule has 10 heavy (non-hydrogen) atoms. The largest absolute Gasteiger partial charge is 0.250 e. The molecule has 4 heteroatoms. The van der Waals surface area contributed by atoms with E-state index in [0.717, 1.165) is 11.6 Å². The van der Waals surface area contributed by atoms with E-state index in [2.05, 4.69) is 0 Å². The molecule has 0 rings (SSSR count). The van der Waals surface area contributed by atoms with Crippen LogP contribution in [0.3, 0.4) is 0 Å². The third kappa shape index (κ3) is 2.21. The monoisotopic (exact) mass is 172 g/mol. The van der Waals surface area contributed by atoms with Gasteiger partial charge in [-0.1, -0.05) is 17.7 Å². The van der Waals surface area contributed by atoms with Crippen LogP contribution in [0.4, 0.5) is 13.2 Å². The minimum atomic E-state index is -1.64. The topological polar surface area (TPSA) is 0 Å². The molecule has 0 aliphatic carbocycles. The molecule has 0 bridgehead atoms. The van der Waals surface area contributed by atoms with E-state index in [1.165, 1.54) is 0 Å². The van der Waals surface area contributed by atoms with E-state index < -0.39 is 25.4 Å². The molecular formula is C6H8ClF3. The van der Waals surface area contributed by atoms with E-state index >= 15 is 0 Å². The predicted molar refractivity (Wildman–Crippen MR) is 35.4 cm³/mol. The van der Waals surface area contributed by atoms with Crippen LogP contribution in [0.25, 0.3) is 0 Å². The van der Waals surface area contributed by atoms with Crippen molar-refractivity contribution >= 4 is 11.6 Å². The lowest BCUT2D eigenvalue weighted by atomic mass is 9.94. The van der Waals surface area contributed by atoms with Crippen molar-refractivity contribution in [2.75, 3.05) is 20.0 Å². The molecule has 0 saturated carbocycles. The lowest BCUT2D eigenvalue weighted by Gasteiger charge is -2.18. The van der Waals surface area contributed by atoms with Gasteiger partial charge in [0.05, 0.1) is 5.41 Å². The minimum Gasteiger partial charge on any atom is -0.250 e. The first-order valence-corrected chi connectivity index (χ1v) is 3.14. The standard InChI is InChI=1S/C6H8ClF3/c7-2-1-6(3-8,4-9)5-10/h1-2H,3-5H2. The van der Waals surface area contributed by atoms with Crippen molar-refractivity contribution in [1.82, 2.24) is 0 Å². The average molecular weight is 173 g/mol. The molecule has 0 spiro atoms. The van der Waals surface area contributed by atoms with Crippen molar-refractivity contribution in [2.24, 2.45) is 5.41 Å². The van der Waals surface area contributed by atoms with E-state index in [1.807, 2.05) is 0 Å². The second-order valence-corrected chi connectivity index (χ2v) is 2.31. The summed E-state index contributed by atoms with van der Waals surface area (Å²) < 4.78 is 35.7. The van der Waals surface area contributed by atoms with Crippen LogP contribution in [0, 0.1) is 5.41 Å². The lowest BCUT2D eigenvalue weighted by molar-refractivity contribution is 0.164. The Labute approximate surface area is 62.7 Å². The number of alkyl halides is 3. The molecule has 0 aromatic heterocycles. The van der Waals surface area contributed by atoms with Gasteiger partial charge in [-0.2, -0.15) is 0 Å². The van der Waals surface area contributed by atoms with Crippen molar-refractivity contribution in [1.29, 1.82) is 0 Å². The molecule has 0 aromatic carbocycles. The van der Waals surface area contributed by atoms with E-state index in [0.29, 0.717) is 0 Å². The van der Waals surface area contributed by atoms with Crippen LogP contribution in [0.15, 0.2) is 11.6 Å². The fourth-order valence-electron chi connectivity index (χ4n) is 0.374. The third-order valence-electron chi connectivity index (χ3n) is 1.21. The summed E-state index contributed by atoms with van der Waals surface area (Å²) in [5, 5.41) is 0. The summed E-state index contributed by atoms with van der Waals surface area (Å²) in [6, 6.07) is 0. The summed E-state index contributed by atoms with van der Waals surface area (Å²) in [5.41, 5.74) is -0.708. The highest BCUT2D eigenvalue weighted by atomic mass is 35.5. The SMILES string of the molecule is FCC(C=CCl)(CF)CF. The number of halogens is 4. The zero-order valence-electron chi connectivity index (χ0n) is 5.29. The smallest absolute Gasteiger partial charge is 0.104 e. The highest BCUT2D eigenvalue weighted by molar-refractivity contribution is 6.25. The van der Waals surface area contributed by atoms with Crippen LogP contribution in [-0.4, -0.2) is 20.0 Å². The first-order valence-electron chi connectivity index (χ1n) is 2.70. The van der Waals surface area contributed by atoms with Crippen LogP contribution in [-0.2, 0) is 0 Å². The van der Waals surface area contributed by atoms with E-state index in [-0.39, 0.29) is 0 Å².